The van der Waals surface area contributed by atoms with Crippen molar-refractivity contribution < 1.29 is 22.7 Å². The molecule has 0 heterocycles. The van der Waals surface area contributed by atoms with E-state index in [9.17, 15) is 18.0 Å². The predicted molar refractivity (Wildman–Crippen MR) is 130 cm³/mol. The molecule has 2 rings (SSSR count). The van der Waals surface area contributed by atoms with Gasteiger partial charge in [-0.3, -0.25) is 13.9 Å². The van der Waals surface area contributed by atoms with E-state index in [1.807, 2.05) is 0 Å². The molecular formula is C22H27Cl2N3O5S. The lowest BCUT2D eigenvalue weighted by atomic mass is 10.1. The van der Waals surface area contributed by atoms with E-state index < -0.39 is 28.5 Å². The Morgan fingerprint density at radius 2 is 1.82 bits per heavy atom. The Balaban J connectivity index is 2.45. The van der Waals surface area contributed by atoms with Crippen LogP contribution in [0.15, 0.2) is 42.5 Å². The highest BCUT2D eigenvalue weighted by Gasteiger charge is 2.31. The largest absolute Gasteiger partial charge is 0.497 e. The number of hydrogen-bond donors (Lipinski definition) is 1. The summed E-state index contributed by atoms with van der Waals surface area (Å²) < 4.78 is 31.3. The van der Waals surface area contributed by atoms with Gasteiger partial charge in [-0.1, -0.05) is 42.3 Å². The van der Waals surface area contributed by atoms with Crippen LogP contribution in [0.4, 0.5) is 5.69 Å². The molecule has 1 atom stereocenters. The van der Waals surface area contributed by atoms with E-state index in [1.165, 1.54) is 25.1 Å². The van der Waals surface area contributed by atoms with Crippen molar-refractivity contribution in [3.05, 3.63) is 58.1 Å². The minimum absolute atomic E-state index is 0.0390. The molecule has 8 nitrogen and oxygen atoms in total. The zero-order valence-electron chi connectivity index (χ0n) is 18.8. The molecule has 0 aliphatic heterocycles. The SMILES string of the molecule is CC[C@H](C(=O)NC)N(Cc1ccc(Cl)c(Cl)c1)C(=O)CN(c1cccc(OC)c1)S(C)(=O)=O. The Bertz CT molecular complexity index is 1110. The van der Waals surface area contributed by atoms with Crippen molar-refractivity contribution >= 4 is 50.7 Å². The van der Waals surface area contributed by atoms with Gasteiger partial charge in [0, 0.05) is 19.7 Å². The van der Waals surface area contributed by atoms with Crippen LogP contribution in [-0.2, 0) is 26.2 Å². The number of rotatable bonds is 10. The van der Waals surface area contributed by atoms with Crippen LogP contribution in [0.3, 0.4) is 0 Å². The molecule has 0 aliphatic rings. The van der Waals surface area contributed by atoms with Crippen molar-refractivity contribution in [2.45, 2.75) is 25.9 Å². The summed E-state index contributed by atoms with van der Waals surface area (Å²) >= 11 is 12.1. The van der Waals surface area contributed by atoms with E-state index in [4.69, 9.17) is 27.9 Å². The van der Waals surface area contributed by atoms with E-state index in [0.717, 1.165) is 10.6 Å². The molecule has 0 saturated heterocycles. The topological polar surface area (TPSA) is 96.0 Å². The molecule has 1 N–H and O–H groups in total. The first-order chi connectivity index (χ1) is 15.5. The fourth-order valence-electron chi connectivity index (χ4n) is 3.30. The standard InChI is InChI=1S/C22H27Cl2N3O5S/c1-5-20(22(29)25-2)26(13-15-9-10-18(23)19(24)11-15)21(28)14-27(33(4,30)31)16-7-6-8-17(12-16)32-3/h6-12,20H,5,13-14H2,1-4H3,(H,25,29)/t20-/m1/s1. The average Bonchev–Trinajstić information content (AvgIpc) is 2.78. The second-order valence-electron chi connectivity index (χ2n) is 7.28. The van der Waals surface area contributed by atoms with Gasteiger partial charge in [0.15, 0.2) is 0 Å². The number of ether oxygens (including phenoxy) is 1. The highest BCUT2D eigenvalue weighted by molar-refractivity contribution is 7.92. The monoisotopic (exact) mass is 515 g/mol. The molecule has 180 valence electrons. The molecule has 0 spiro atoms. The maximum absolute atomic E-state index is 13.5. The lowest BCUT2D eigenvalue weighted by Crippen LogP contribution is -2.51. The van der Waals surface area contributed by atoms with E-state index >= 15 is 0 Å². The first kappa shape index (κ1) is 26.8. The number of benzene rings is 2. The number of carbonyl (C=O) groups excluding carboxylic acids is 2. The second-order valence-corrected chi connectivity index (χ2v) is 10.0. The lowest BCUT2D eigenvalue weighted by molar-refractivity contribution is -0.140. The zero-order valence-corrected chi connectivity index (χ0v) is 21.2. The molecule has 0 saturated carbocycles. The molecule has 0 fully saturated rings. The third kappa shape index (κ3) is 6.99. The number of carbonyl (C=O) groups is 2. The first-order valence-corrected chi connectivity index (χ1v) is 12.7. The number of nitrogens with one attached hydrogen (secondary N) is 1. The van der Waals surface area contributed by atoms with Crippen LogP contribution >= 0.6 is 23.2 Å². The van der Waals surface area contributed by atoms with Crippen molar-refractivity contribution in [1.82, 2.24) is 10.2 Å². The number of nitrogens with zero attached hydrogens (tertiary/aromatic N) is 2. The van der Waals surface area contributed by atoms with Crippen molar-refractivity contribution in [2.75, 3.05) is 31.3 Å². The van der Waals surface area contributed by atoms with Gasteiger partial charge < -0.3 is 15.0 Å². The summed E-state index contributed by atoms with van der Waals surface area (Å²) in [6.45, 7) is 1.31. The summed E-state index contributed by atoms with van der Waals surface area (Å²) in [5, 5.41) is 3.23. The third-order valence-electron chi connectivity index (χ3n) is 4.99. The van der Waals surface area contributed by atoms with Crippen molar-refractivity contribution in [1.29, 1.82) is 0 Å². The van der Waals surface area contributed by atoms with Crippen LogP contribution in [0.5, 0.6) is 5.75 Å². The fourth-order valence-corrected chi connectivity index (χ4v) is 4.46. The van der Waals surface area contributed by atoms with Crippen LogP contribution in [0.1, 0.15) is 18.9 Å². The highest BCUT2D eigenvalue weighted by atomic mass is 35.5. The van der Waals surface area contributed by atoms with E-state index in [1.54, 1.807) is 43.3 Å². The first-order valence-electron chi connectivity index (χ1n) is 10.1. The molecule has 0 radical (unpaired) electrons. The molecule has 2 aromatic rings. The van der Waals surface area contributed by atoms with E-state index in [2.05, 4.69) is 5.32 Å². The third-order valence-corrected chi connectivity index (χ3v) is 6.87. The van der Waals surface area contributed by atoms with Crippen molar-refractivity contribution in [2.24, 2.45) is 0 Å². The minimum Gasteiger partial charge on any atom is -0.497 e. The summed E-state index contributed by atoms with van der Waals surface area (Å²) in [7, 11) is -0.884. The molecule has 33 heavy (non-hydrogen) atoms. The van der Waals surface area contributed by atoms with Crippen LogP contribution in [0.25, 0.3) is 0 Å². The van der Waals surface area contributed by atoms with Gasteiger partial charge in [0.25, 0.3) is 0 Å². The summed E-state index contributed by atoms with van der Waals surface area (Å²) in [6, 6.07) is 10.5. The van der Waals surface area contributed by atoms with Crippen molar-refractivity contribution in [3.63, 3.8) is 0 Å². The van der Waals surface area contributed by atoms with Gasteiger partial charge in [-0.25, -0.2) is 8.42 Å². The molecular weight excluding hydrogens is 489 g/mol. The zero-order chi connectivity index (χ0) is 24.8. The summed E-state index contributed by atoms with van der Waals surface area (Å²) in [5.41, 5.74) is 0.917. The van der Waals surface area contributed by atoms with Crippen LogP contribution < -0.4 is 14.4 Å². The average molecular weight is 516 g/mol. The van der Waals surface area contributed by atoms with Gasteiger partial charge in [0.05, 0.1) is 29.1 Å². The van der Waals surface area contributed by atoms with Gasteiger partial charge in [0.1, 0.15) is 18.3 Å². The minimum atomic E-state index is -3.82. The molecule has 0 aromatic heterocycles. The van der Waals surface area contributed by atoms with Crippen LogP contribution in [0.2, 0.25) is 10.0 Å². The van der Waals surface area contributed by atoms with Gasteiger partial charge in [0.2, 0.25) is 21.8 Å². The molecule has 2 aromatic carbocycles. The Morgan fingerprint density at radius 1 is 1.12 bits per heavy atom. The Kier molecular flexibility index (Phi) is 9.39. The van der Waals surface area contributed by atoms with Gasteiger partial charge in [-0.05, 0) is 36.2 Å². The molecule has 0 bridgehead atoms. The number of halogens is 2. The lowest BCUT2D eigenvalue weighted by Gasteiger charge is -2.32. The molecule has 0 aliphatic carbocycles. The number of methoxy groups -OCH3 is 1. The Morgan fingerprint density at radius 3 is 2.36 bits per heavy atom. The summed E-state index contributed by atoms with van der Waals surface area (Å²) in [4.78, 5) is 27.3. The van der Waals surface area contributed by atoms with Gasteiger partial charge in [-0.2, -0.15) is 0 Å². The summed E-state index contributed by atoms with van der Waals surface area (Å²) in [6.07, 6.45) is 1.34. The molecule has 11 heteroatoms. The maximum Gasteiger partial charge on any atom is 0.244 e. The molecule has 0 unspecified atom stereocenters. The maximum atomic E-state index is 13.5. The van der Waals surface area contributed by atoms with E-state index in [-0.39, 0.29) is 18.1 Å². The Hall–Kier alpha value is -2.49. The van der Waals surface area contributed by atoms with E-state index in [0.29, 0.717) is 27.8 Å². The quantitative estimate of drug-likeness (QED) is 0.523. The van der Waals surface area contributed by atoms with Gasteiger partial charge >= 0.3 is 0 Å². The fraction of sp³-hybridized carbons (Fsp3) is 0.364. The van der Waals surface area contributed by atoms with Crippen LogP contribution in [0, 0.1) is 0 Å². The molecule has 2 amide bonds. The number of hydrogen-bond acceptors (Lipinski definition) is 5. The smallest absolute Gasteiger partial charge is 0.244 e. The Labute approximate surface area is 204 Å². The second kappa shape index (κ2) is 11.6. The number of sulfonamides is 1. The number of anilines is 1. The summed E-state index contributed by atoms with van der Waals surface area (Å²) in [5.74, 6) is -0.471. The number of likely N-dealkylation sites (N-methyl/N-ethyl adjacent to an activating group) is 1. The highest BCUT2D eigenvalue weighted by Crippen LogP contribution is 2.26. The predicted octanol–water partition coefficient (Wildman–Crippen LogP) is 3.32. The van der Waals surface area contributed by atoms with Crippen molar-refractivity contribution in [3.8, 4) is 5.75 Å². The number of amides is 2. The van der Waals surface area contributed by atoms with Crippen LogP contribution in [-0.4, -0.2) is 58.1 Å². The van der Waals surface area contributed by atoms with Gasteiger partial charge in [-0.15, -0.1) is 0 Å². The normalized spacial score (nSPS) is 12.1.